The molecule has 1 saturated carbocycles. The molecule has 0 saturated heterocycles. The number of nitrogens with zero attached hydrogens (tertiary/aromatic N) is 1. The summed E-state index contributed by atoms with van der Waals surface area (Å²) in [4.78, 5) is 16.3. The fourth-order valence-corrected chi connectivity index (χ4v) is 2.91. The molecule has 1 unspecified atom stereocenters. The van der Waals surface area contributed by atoms with Crippen molar-refractivity contribution in [2.24, 2.45) is 4.99 Å². The Labute approximate surface area is 116 Å². The Morgan fingerprint density at radius 2 is 2.05 bits per heavy atom. The van der Waals surface area contributed by atoms with Crippen molar-refractivity contribution in [3.63, 3.8) is 0 Å². The van der Waals surface area contributed by atoms with Crippen molar-refractivity contribution < 1.29 is 4.79 Å². The summed E-state index contributed by atoms with van der Waals surface area (Å²) in [7, 11) is 0. The highest BCUT2D eigenvalue weighted by atomic mass is 16.1. The molecule has 1 atom stereocenters. The highest BCUT2D eigenvalue weighted by Gasteiger charge is 2.15. The van der Waals surface area contributed by atoms with E-state index < -0.39 is 0 Å². The van der Waals surface area contributed by atoms with Crippen molar-refractivity contribution in [2.45, 2.75) is 76.8 Å². The summed E-state index contributed by atoms with van der Waals surface area (Å²) in [6, 6.07) is 0.895. The van der Waals surface area contributed by atoms with Crippen LogP contribution in [0.15, 0.2) is 4.99 Å². The van der Waals surface area contributed by atoms with Gasteiger partial charge in [-0.2, -0.15) is 0 Å². The summed E-state index contributed by atoms with van der Waals surface area (Å²) < 4.78 is 0. The molecule has 2 N–H and O–H groups in total. The number of nitrogens with one attached hydrogen (secondary N) is 2. The molecule has 4 heteroatoms. The van der Waals surface area contributed by atoms with Crippen LogP contribution in [0.1, 0.15) is 64.7 Å². The molecule has 1 aliphatic heterocycles. The van der Waals surface area contributed by atoms with E-state index in [1.165, 1.54) is 25.7 Å². The summed E-state index contributed by atoms with van der Waals surface area (Å²) in [5, 5.41) is 6.53. The van der Waals surface area contributed by atoms with E-state index in [0.29, 0.717) is 18.5 Å². The van der Waals surface area contributed by atoms with E-state index in [2.05, 4.69) is 22.5 Å². The van der Waals surface area contributed by atoms with Crippen LogP contribution in [0, 0.1) is 0 Å². The SMILES string of the molecule is CC1CN=C(CCCC(=O)NC2CCCCCC2)N1. The van der Waals surface area contributed by atoms with Gasteiger partial charge in [-0.3, -0.25) is 9.79 Å². The maximum atomic E-state index is 11.9. The molecule has 0 aromatic carbocycles. The number of hydrogen-bond donors (Lipinski definition) is 2. The van der Waals surface area contributed by atoms with Crippen LogP contribution in [0.2, 0.25) is 0 Å². The molecule has 0 radical (unpaired) electrons. The lowest BCUT2D eigenvalue weighted by Gasteiger charge is -2.16. The van der Waals surface area contributed by atoms with Gasteiger partial charge in [0.25, 0.3) is 0 Å². The lowest BCUT2D eigenvalue weighted by atomic mass is 10.1. The van der Waals surface area contributed by atoms with Crippen LogP contribution in [-0.2, 0) is 4.79 Å². The Balaban J connectivity index is 1.59. The first-order valence-corrected chi connectivity index (χ1v) is 7.83. The third kappa shape index (κ3) is 5.21. The third-order valence-electron chi connectivity index (χ3n) is 4.01. The molecule has 108 valence electrons. The molecule has 2 aliphatic rings. The number of carbonyl (C=O) groups excluding carboxylic acids is 1. The van der Waals surface area contributed by atoms with Gasteiger partial charge in [0.1, 0.15) is 0 Å². The second kappa shape index (κ2) is 7.51. The third-order valence-corrected chi connectivity index (χ3v) is 4.01. The topological polar surface area (TPSA) is 53.5 Å². The Morgan fingerprint density at radius 1 is 1.32 bits per heavy atom. The van der Waals surface area contributed by atoms with Gasteiger partial charge in [0, 0.05) is 24.9 Å². The van der Waals surface area contributed by atoms with Gasteiger partial charge >= 0.3 is 0 Å². The largest absolute Gasteiger partial charge is 0.370 e. The molecular weight excluding hydrogens is 238 g/mol. The van der Waals surface area contributed by atoms with E-state index in [1.807, 2.05) is 0 Å². The lowest BCUT2D eigenvalue weighted by molar-refractivity contribution is -0.121. The van der Waals surface area contributed by atoms with E-state index in [9.17, 15) is 4.79 Å². The molecule has 1 amide bonds. The van der Waals surface area contributed by atoms with Gasteiger partial charge in [-0.1, -0.05) is 25.7 Å². The van der Waals surface area contributed by atoms with Crippen LogP contribution in [0.3, 0.4) is 0 Å². The fraction of sp³-hybridized carbons (Fsp3) is 0.867. The van der Waals surface area contributed by atoms with Gasteiger partial charge < -0.3 is 10.6 Å². The monoisotopic (exact) mass is 265 g/mol. The van der Waals surface area contributed by atoms with Crippen LogP contribution < -0.4 is 10.6 Å². The lowest BCUT2D eigenvalue weighted by Crippen LogP contribution is -2.34. The van der Waals surface area contributed by atoms with Gasteiger partial charge in [-0.05, 0) is 26.2 Å². The number of aliphatic imine (C=N–C) groups is 1. The first-order valence-electron chi connectivity index (χ1n) is 7.83. The number of carbonyl (C=O) groups is 1. The van der Waals surface area contributed by atoms with Crippen LogP contribution in [0.5, 0.6) is 0 Å². The van der Waals surface area contributed by atoms with Crippen molar-refractivity contribution in [3.05, 3.63) is 0 Å². The Kier molecular flexibility index (Phi) is 5.67. The predicted molar refractivity (Wildman–Crippen MR) is 78.4 cm³/mol. The summed E-state index contributed by atoms with van der Waals surface area (Å²) in [6.45, 7) is 3.01. The highest BCUT2D eigenvalue weighted by Crippen LogP contribution is 2.17. The molecule has 0 aromatic rings. The minimum Gasteiger partial charge on any atom is -0.370 e. The second-order valence-electron chi connectivity index (χ2n) is 5.94. The van der Waals surface area contributed by atoms with Crippen molar-refractivity contribution in [1.82, 2.24) is 10.6 Å². The minimum atomic E-state index is 0.221. The maximum absolute atomic E-state index is 11.9. The first-order chi connectivity index (χ1) is 9.24. The Morgan fingerprint density at radius 3 is 2.68 bits per heavy atom. The van der Waals surface area contributed by atoms with Gasteiger partial charge in [0.2, 0.25) is 5.91 Å². The van der Waals surface area contributed by atoms with Crippen LogP contribution in [0.4, 0.5) is 0 Å². The molecule has 4 nitrogen and oxygen atoms in total. The summed E-state index contributed by atoms with van der Waals surface area (Å²) in [6.07, 6.45) is 9.96. The quantitative estimate of drug-likeness (QED) is 0.750. The van der Waals surface area contributed by atoms with Crippen LogP contribution in [0.25, 0.3) is 0 Å². The highest BCUT2D eigenvalue weighted by molar-refractivity contribution is 5.84. The maximum Gasteiger partial charge on any atom is 0.220 e. The smallest absolute Gasteiger partial charge is 0.220 e. The molecule has 0 bridgehead atoms. The fourth-order valence-electron chi connectivity index (χ4n) is 2.91. The number of hydrogen-bond acceptors (Lipinski definition) is 3. The van der Waals surface area contributed by atoms with Crippen LogP contribution in [-0.4, -0.2) is 30.4 Å². The van der Waals surface area contributed by atoms with E-state index in [4.69, 9.17) is 0 Å². The van der Waals surface area contributed by atoms with Gasteiger partial charge in [0.05, 0.1) is 12.4 Å². The molecule has 1 heterocycles. The zero-order valence-corrected chi connectivity index (χ0v) is 12.1. The molecular formula is C15H27N3O. The molecule has 1 aliphatic carbocycles. The Bertz CT molecular complexity index is 319. The average molecular weight is 265 g/mol. The predicted octanol–water partition coefficient (Wildman–Crippen LogP) is 2.39. The molecule has 0 aromatic heterocycles. The number of amidine groups is 1. The summed E-state index contributed by atoms with van der Waals surface area (Å²) in [5.41, 5.74) is 0. The molecule has 0 spiro atoms. The minimum absolute atomic E-state index is 0.221. The zero-order chi connectivity index (χ0) is 13.5. The van der Waals surface area contributed by atoms with E-state index >= 15 is 0 Å². The zero-order valence-electron chi connectivity index (χ0n) is 12.1. The summed E-state index contributed by atoms with van der Waals surface area (Å²) >= 11 is 0. The normalized spacial score (nSPS) is 24.5. The van der Waals surface area contributed by atoms with E-state index in [0.717, 1.165) is 38.1 Å². The van der Waals surface area contributed by atoms with Crippen molar-refractivity contribution in [3.8, 4) is 0 Å². The van der Waals surface area contributed by atoms with Crippen molar-refractivity contribution in [1.29, 1.82) is 0 Å². The van der Waals surface area contributed by atoms with Gasteiger partial charge in [-0.15, -0.1) is 0 Å². The summed E-state index contributed by atoms with van der Waals surface area (Å²) in [5.74, 6) is 1.30. The Hall–Kier alpha value is -1.06. The second-order valence-corrected chi connectivity index (χ2v) is 5.94. The first kappa shape index (κ1) is 14.4. The number of rotatable bonds is 5. The standard InChI is InChI=1S/C15H27N3O/c1-12-11-16-14(17-12)9-6-10-15(19)18-13-7-4-2-3-5-8-13/h12-13H,2-11H2,1H3,(H,16,17)(H,18,19). The van der Waals surface area contributed by atoms with Gasteiger partial charge in [0.15, 0.2) is 0 Å². The van der Waals surface area contributed by atoms with Crippen molar-refractivity contribution >= 4 is 11.7 Å². The van der Waals surface area contributed by atoms with E-state index in [1.54, 1.807) is 0 Å². The van der Waals surface area contributed by atoms with E-state index in [-0.39, 0.29) is 5.91 Å². The number of amides is 1. The van der Waals surface area contributed by atoms with Gasteiger partial charge in [-0.25, -0.2) is 0 Å². The molecule has 1 fully saturated rings. The average Bonchev–Trinajstić information content (AvgIpc) is 2.63. The van der Waals surface area contributed by atoms with Crippen LogP contribution >= 0.6 is 0 Å². The molecule has 19 heavy (non-hydrogen) atoms. The van der Waals surface area contributed by atoms with Crippen molar-refractivity contribution in [2.75, 3.05) is 6.54 Å². The molecule has 2 rings (SSSR count).